The van der Waals surface area contributed by atoms with E-state index < -0.39 is 17.9 Å². The van der Waals surface area contributed by atoms with Gasteiger partial charge in [-0.3, -0.25) is 9.59 Å². The highest BCUT2D eigenvalue weighted by molar-refractivity contribution is 5.99. The Morgan fingerprint density at radius 3 is 2.61 bits per heavy atom. The molecular formula is C27H28F3N3O3. The molecule has 36 heavy (non-hydrogen) atoms. The number of ketones is 1. The molecule has 0 bridgehead atoms. The number of carbonyl (C=O) groups excluding carboxylic acids is 2. The number of hydrogen-bond acceptors (Lipinski definition) is 5. The number of pyridine rings is 1. The zero-order chi connectivity index (χ0) is 25.9. The van der Waals surface area contributed by atoms with Crippen LogP contribution >= 0.6 is 0 Å². The maximum atomic E-state index is 13.4. The second-order valence-corrected chi connectivity index (χ2v) is 9.11. The highest BCUT2D eigenvalue weighted by Crippen LogP contribution is 2.33. The second kappa shape index (κ2) is 10.6. The fraction of sp³-hybridized carbons (Fsp3) is 0.370. The quantitative estimate of drug-likeness (QED) is 0.436. The van der Waals surface area contributed by atoms with E-state index >= 15 is 0 Å². The maximum absolute atomic E-state index is 13.4. The summed E-state index contributed by atoms with van der Waals surface area (Å²) in [6.45, 7) is 2.22. The van der Waals surface area contributed by atoms with E-state index in [0.29, 0.717) is 54.6 Å². The smallest absolute Gasteiger partial charge is 0.433 e. The highest BCUT2D eigenvalue weighted by Gasteiger charge is 2.33. The lowest BCUT2D eigenvalue weighted by Crippen LogP contribution is -2.40. The SMILES string of the molecule is COc1ccc(C(=O)N[C@H]2CC[C@@H](CNc3cc(C(F)(F)F)nc4ccccc34)CCC2=O)c(C)c1. The van der Waals surface area contributed by atoms with E-state index in [0.717, 1.165) is 11.6 Å². The topological polar surface area (TPSA) is 80.3 Å². The van der Waals surface area contributed by atoms with E-state index in [-0.39, 0.29) is 23.1 Å². The number of hydrogen-bond donors (Lipinski definition) is 2. The molecule has 0 spiro atoms. The van der Waals surface area contributed by atoms with Gasteiger partial charge in [0, 0.05) is 29.6 Å². The molecule has 0 unspecified atom stereocenters. The van der Waals surface area contributed by atoms with Gasteiger partial charge >= 0.3 is 6.18 Å². The number of halogens is 3. The standard InChI is InChI=1S/C27H28F3N3O3/c1-16-13-18(36-2)9-10-19(16)26(35)33-22-11-7-17(8-12-24(22)34)15-31-23-14-25(27(28,29)30)32-21-6-4-3-5-20(21)23/h3-6,9-10,13-14,17,22H,7-8,11-12,15H2,1-2H3,(H,31,32)(H,33,35)/t17-,22+/m1/s1. The molecule has 0 aliphatic heterocycles. The van der Waals surface area contributed by atoms with Gasteiger partial charge in [-0.1, -0.05) is 18.2 Å². The molecular weight excluding hydrogens is 471 g/mol. The average Bonchev–Trinajstić information content (AvgIpc) is 3.02. The van der Waals surface area contributed by atoms with Gasteiger partial charge in [0.25, 0.3) is 5.91 Å². The molecule has 1 amide bonds. The van der Waals surface area contributed by atoms with Crippen molar-refractivity contribution in [1.82, 2.24) is 10.3 Å². The molecule has 1 aromatic heterocycles. The molecule has 2 aromatic carbocycles. The molecule has 0 saturated heterocycles. The third-order valence-electron chi connectivity index (χ3n) is 6.62. The molecule has 2 N–H and O–H groups in total. The Morgan fingerprint density at radius 1 is 1.11 bits per heavy atom. The molecule has 190 valence electrons. The molecule has 1 fully saturated rings. The largest absolute Gasteiger partial charge is 0.497 e. The molecule has 2 atom stereocenters. The third-order valence-corrected chi connectivity index (χ3v) is 6.62. The number of aryl methyl sites for hydroxylation is 1. The molecule has 9 heteroatoms. The van der Waals surface area contributed by atoms with Gasteiger partial charge in [0.05, 0.1) is 18.7 Å². The van der Waals surface area contributed by atoms with Crippen molar-refractivity contribution in [1.29, 1.82) is 0 Å². The number of ether oxygens (including phenoxy) is 1. The number of nitrogens with one attached hydrogen (secondary N) is 2. The Labute approximate surface area is 207 Å². The van der Waals surface area contributed by atoms with Crippen LogP contribution in [0.2, 0.25) is 0 Å². The molecule has 3 aromatic rings. The van der Waals surface area contributed by atoms with Crippen LogP contribution in [0, 0.1) is 12.8 Å². The lowest BCUT2D eigenvalue weighted by molar-refractivity contribution is -0.140. The van der Waals surface area contributed by atoms with Crippen molar-refractivity contribution in [3.63, 3.8) is 0 Å². The first-order valence-corrected chi connectivity index (χ1v) is 11.8. The van der Waals surface area contributed by atoms with Gasteiger partial charge in [0.1, 0.15) is 11.4 Å². The van der Waals surface area contributed by atoms with Crippen LogP contribution in [0.1, 0.15) is 47.3 Å². The van der Waals surface area contributed by atoms with Crippen molar-refractivity contribution in [3.8, 4) is 5.75 Å². The number of amides is 1. The number of aromatic nitrogens is 1. The summed E-state index contributed by atoms with van der Waals surface area (Å²) in [5, 5.41) is 6.63. The van der Waals surface area contributed by atoms with Crippen LogP contribution in [0.15, 0.2) is 48.5 Å². The summed E-state index contributed by atoms with van der Waals surface area (Å²) < 4.78 is 45.2. The number of benzene rings is 2. The van der Waals surface area contributed by atoms with Gasteiger partial charge in [-0.05, 0) is 68.0 Å². The zero-order valence-electron chi connectivity index (χ0n) is 20.1. The number of carbonyl (C=O) groups is 2. The van der Waals surface area contributed by atoms with Crippen LogP contribution in [0.3, 0.4) is 0 Å². The van der Waals surface area contributed by atoms with E-state index in [9.17, 15) is 22.8 Å². The number of methoxy groups -OCH3 is 1. The van der Waals surface area contributed by atoms with Crippen molar-refractivity contribution >= 4 is 28.3 Å². The van der Waals surface area contributed by atoms with Crippen molar-refractivity contribution < 1.29 is 27.5 Å². The predicted octanol–water partition coefficient (Wildman–Crippen LogP) is 5.54. The van der Waals surface area contributed by atoms with E-state index in [1.807, 2.05) is 0 Å². The average molecular weight is 500 g/mol. The lowest BCUT2D eigenvalue weighted by atomic mass is 9.99. The number of fused-ring (bicyclic) bond motifs is 1. The van der Waals surface area contributed by atoms with Crippen LogP contribution < -0.4 is 15.4 Å². The molecule has 6 nitrogen and oxygen atoms in total. The summed E-state index contributed by atoms with van der Waals surface area (Å²) in [4.78, 5) is 29.3. The van der Waals surface area contributed by atoms with Crippen LogP contribution in [0.5, 0.6) is 5.75 Å². The van der Waals surface area contributed by atoms with Gasteiger partial charge < -0.3 is 15.4 Å². The van der Waals surface area contributed by atoms with Gasteiger partial charge in [0.15, 0.2) is 5.78 Å². The van der Waals surface area contributed by atoms with Crippen molar-refractivity contribution in [2.24, 2.45) is 5.92 Å². The Bertz CT molecular complexity index is 1280. The van der Waals surface area contributed by atoms with Gasteiger partial charge in [-0.2, -0.15) is 13.2 Å². The minimum atomic E-state index is -4.55. The van der Waals surface area contributed by atoms with E-state index in [2.05, 4.69) is 15.6 Å². The number of para-hydroxylation sites is 1. The lowest BCUT2D eigenvalue weighted by Gasteiger charge is -2.19. The number of Topliss-reactive ketones (excluding diaryl/α,β-unsaturated/α-hetero) is 1. The summed E-state index contributed by atoms with van der Waals surface area (Å²) >= 11 is 0. The molecule has 1 saturated carbocycles. The summed E-state index contributed by atoms with van der Waals surface area (Å²) in [7, 11) is 1.55. The van der Waals surface area contributed by atoms with Crippen LogP contribution in [0.25, 0.3) is 10.9 Å². The summed E-state index contributed by atoms with van der Waals surface area (Å²) in [5.41, 5.74) is 0.913. The zero-order valence-corrected chi connectivity index (χ0v) is 20.1. The van der Waals surface area contributed by atoms with Gasteiger partial charge in [-0.15, -0.1) is 0 Å². The first-order valence-electron chi connectivity index (χ1n) is 11.8. The first kappa shape index (κ1) is 25.5. The normalized spacial score (nSPS) is 18.5. The Balaban J connectivity index is 1.42. The minimum absolute atomic E-state index is 0.0364. The highest BCUT2D eigenvalue weighted by atomic mass is 19.4. The molecule has 0 radical (unpaired) electrons. The van der Waals surface area contributed by atoms with Crippen molar-refractivity contribution in [2.75, 3.05) is 19.0 Å². The van der Waals surface area contributed by atoms with Gasteiger partial charge in [-0.25, -0.2) is 4.98 Å². The molecule has 4 rings (SSSR count). The van der Waals surface area contributed by atoms with E-state index in [1.165, 1.54) is 0 Å². The number of nitrogens with zero attached hydrogens (tertiary/aromatic N) is 1. The first-order chi connectivity index (χ1) is 17.2. The summed E-state index contributed by atoms with van der Waals surface area (Å²) in [5.74, 6) is 0.368. The van der Waals surface area contributed by atoms with E-state index in [1.54, 1.807) is 56.5 Å². The van der Waals surface area contributed by atoms with Crippen LogP contribution in [-0.4, -0.2) is 36.4 Å². The minimum Gasteiger partial charge on any atom is -0.497 e. The van der Waals surface area contributed by atoms with Crippen LogP contribution in [-0.2, 0) is 11.0 Å². The van der Waals surface area contributed by atoms with Crippen LogP contribution in [0.4, 0.5) is 18.9 Å². The summed E-state index contributed by atoms with van der Waals surface area (Å²) in [6.07, 6.45) is -2.54. The number of rotatable bonds is 6. The number of anilines is 1. The fourth-order valence-electron chi connectivity index (χ4n) is 4.56. The Hall–Kier alpha value is -3.62. The van der Waals surface area contributed by atoms with Crippen molar-refractivity contribution in [2.45, 2.75) is 44.8 Å². The van der Waals surface area contributed by atoms with Crippen molar-refractivity contribution in [3.05, 3.63) is 65.4 Å². The molecule has 1 heterocycles. The van der Waals surface area contributed by atoms with Gasteiger partial charge in [0.2, 0.25) is 0 Å². The Kier molecular flexibility index (Phi) is 7.47. The summed E-state index contributed by atoms with van der Waals surface area (Å²) in [6, 6.07) is 12.3. The third kappa shape index (κ3) is 5.78. The fourth-order valence-corrected chi connectivity index (χ4v) is 4.56. The van der Waals surface area contributed by atoms with E-state index in [4.69, 9.17) is 4.74 Å². The predicted molar refractivity (Wildman–Crippen MR) is 131 cm³/mol. The molecule has 1 aliphatic carbocycles. The number of alkyl halides is 3. The monoisotopic (exact) mass is 499 g/mol. The maximum Gasteiger partial charge on any atom is 0.433 e. The Morgan fingerprint density at radius 2 is 1.89 bits per heavy atom. The molecule has 1 aliphatic rings. The second-order valence-electron chi connectivity index (χ2n) is 9.11.